The van der Waals surface area contributed by atoms with Crippen LogP contribution in [0, 0.1) is 6.92 Å². The van der Waals surface area contributed by atoms with Crippen LogP contribution in [-0.2, 0) is 13.5 Å². The first-order valence-corrected chi connectivity index (χ1v) is 5.25. The molecule has 1 aromatic carbocycles. The van der Waals surface area contributed by atoms with Crippen molar-refractivity contribution in [2.24, 2.45) is 7.05 Å². The van der Waals surface area contributed by atoms with Crippen molar-refractivity contribution in [1.82, 2.24) is 9.78 Å². The summed E-state index contributed by atoms with van der Waals surface area (Å²) in [4.78, 5) is 0. The number of aliphatic hydroxyl groups is 1. The summed E-state index contributed by atoms with van der Waals surface area (Å²) in [5.74, 6) is 0. The van der Waals surface area contributed by atoms with Gasteiger partial charge in [0.05, 0.1) is 11.2 Å². The second kappa shape index (κ2) is 4.03. The first kappa shape index (κ1) is 10.2. The Bertz CT molecular complexity index is 474. The molecule has 0 unspecified atom stereocenters. The van der Waals surface area contributed by atoms with Crippen molar-refractivity contribution in [2.75, 3.05) is 6.61 Å². The molecule has 0 fully saturated rings. The van der Waals surface area contributed by atoms with Gasteiger partial charge in [0.2, 0.25) is 0 Å². The predicted octanol–water partition coefficient (Wildman–Crippen LogP) is 1.81. The fraction of sp³-hybridized carbons (Fsp3) is 0.417. The summed E-state index contributed by atoms with van der Waals surface area (Å²) < 4.78 is 1.91. The molecule has 0 aliphatic rings. The first-order valence-electron chi connectivity index (χ1n) is 5.25. The molecule has 0 spiro atoms. The molecular weight excluding hydrogens is 188 g/mol. The number of aromatic nitrogens is 2. The molecule has 1 N–H and O–H groups in total. The molecule has 0 saturated carbocycles. The lowest BCUT2D eigenvalue weighted by Gasteiger charge is -2.00. The second-order valence-corrected chi connectivity index (χ2v) is 3.89. The molecule has 3 heteroatoms. The summed E-state index contributed by atoms with van der Waals surface area (Å²) in [6.45, 7) is 2.28. The Morgan fingerprint density at radius 1 is 1.40 bits per heavy atom. The van der Waals surface area contributed by atoms with E-state index >= 15 is 0 Å². The smallest absolute Gasteiger partial charge is 0.0684 e. The number of aliphatic hydroxyl groups excluding tert-OH is 1. The van der Waals surface area contributed by atoms with E-state index in [1.54, 1.807) is 0 Å². The largest absolute Gasteiger partial charge is 0.396 e. The molecule has 2 rings (SSSR count). The maximum Gasteiger partial charge on any atom is 0.0684 e. The third kappa shape index (κ3) is 1.88. The maximum absolute atomic E-state index is 8.78. The van der Waals surface area contributed by atoms with E-state index in [0.717, 1.165) is 18.5 Å². The molecule has 0 aliphatic heterocycles. The van der Waals surface area contributed by atoms with E-state index in [1.807, 2.05) is 18.7 Å². The molecular formula is C12H16N2O. The number of aryl methyl sites for hydroxylation is 3. The fourth-order valence-electron chi connectivity index (χ4n) is 1.92. The number of rotatable bonds is 3. The van der Waals surface area contributed by atoms with Crippen LogP contribution in [-0.4, -0.2) is 21.5 Å². The van der Waals surface area contributed by atoms with E-state index in [1.165, 1.54) is 16.5 Å². The zero-order chi connectivity index (χ0) is 10.8. The maximum atomic E-state index is 8.78. The van der Waals surface area contributed by atoms with E-state index < -0.39 is 0 Å². The molecule has 0 bridgehead atoms. The van der Waals surface area contributed by atoms with Gasteiger partial charge in [0.1, 0.15) is 0 Å². The average Bonchev–Trinajstić information content (AvgIpc) is 2.52. The van der Waals surface area contributed by atoms with Crippen LogP contribution in [0.25, 0.3) is 10.9 Å². The predicted molar refractivity (Wildman–Crippen MR) is 60.9 cm³/mol. The minimum absolute atomic E-state index is 0.252. The Hall–Kier alpha value is -1.35. The number of hydrogen-bond donors (Lipinski definition) is 1. The van der Waals surface area contributed by atoms with Gasteiger partial charge in [0.25, 0.3) is 0 Å². The third-order valence-corrected chi connectivity index (χ3v) is 2.72. The van der Waals surface area contributed by atoms with Gasteiger partial charge in [-0.25, -0.2) is 0 Å². The van der Waals surface area contributed by atoms with Crippen LogP contribution in [0.2, 0.25) is 0 Å². The topological polar surface area (TPSA) is 38.0 Å². The molecule has 1 heterocycles. The van der Waals surface area contributed by atoms with Crippen LogP contribution in [0.5, 0.6) is 0 Å². The lowest BCUT2D eigenvalue weighted by Crippen LogP contribution is -1.92. The zero-order valence-corrected chi connectivity index (χ0v) is 9.20. The van der Waals surface area contributed by atoms with Gasteiger partial charge < -0.3 is 5.11 Å². The van der Waals surface area contributed by atoms with E-state index in [-0.39, 0.29) is 6.61 Å². The molecule has 2 aromatic rings. The molecule has 0 saturated heterocycles. The average molecular weight is 204 g/mol. The fourth-order valence-corrected chi connectivity index (χ4v) is 1.92. The van der Waals surface area contributed by atoms with Crippen molar-refractivity contribution in [3.05, 3.63) is 29.5 Å². The highest BCUT2D eigenvalue weighted by Gasteiger charge is 2.04. The Balaban J connectivity index is 2.41. The van der Waals surface area contributed by atoms with Crippen molar-refractivity contribution in [2.45, 2.75) is 19.8 Å². The molecule has 0 amide bonds. The second-order valence-electron chi connectivity index (χ2n) is 3.89. The van der Waals surface area contributed by atoms with Gasteiger partial charge in [0, 0.05) is 19.0 Å². The summed E-state index contributed by atoms with van der Waals surface area (Å²) in [7, 11) is 1.96. The van der Waals surface area contributed by atoms with Gasteiger partial charge in [-0.3, -0.25) is 4.68 Å². The van der Waals surface area contributed by atoms with Crippen LogP contribution >= 0.6 is 0 Å². The minimum atomic E-state index is 0.252. The van der Waals surface area contributed by atoms with E-state index in [4.69, 9.17) is 5.11 Å². The molecule has 0 atom stereocenters. The van der Waals surface area contributed by atoms with E-state index in [9.17, 15) is 0 Å². The molecule has 0 radical (unpaired) electrons. The number of benzene rings is 1. The van der Waals surface area contributed by atoms with Gasteiger partial charge in [-0.05, 0) is 31.4 Å². The monoisotopic (exact) mass is 204 g/mol. The van der Waals surface area contributed by atoms with Crippen molar-refractivity contribution in [1.29, 1.82) is 0 Å². The van der Waals surface area contributed by atoms with Gasteiger partial charge in [-0.2, -0.15) is 5.10 Å². The number of hydrogen-bond acceptors (Lipinski definition) is 2. The highest BCUT2D eigenvalue weighted by molar-refractivity contribution is 5.82. The molecule has 15 heavy (non-hydrogen) atoms. The van der Waals surface area contributed by atoms with Gasteiger partial charge in [-0.1, -0.05) is 12.1 Å². The summed E-state index contributed by atoms with van der Waals surface area (Å²) in [6.07, 6.45) is 1.75. The first-order chi connectivity index (χ1) is 7.22. The Morgan fingerprint density at radius 2 is 2.20 bits per heavy atom. The third-order valence-electron chi connectivity index (χ3n) is 2.72. The molecule has 0 aliphatic carbocycles. The SMILES string of the molecule is Cc1nn(C)c2cc(CCCO)ccc12. The van der Waals surface area contributed by atoms with E-state index in [0.29, 0.717) is 0 Å². The summed E-state index contributed by atoms with van der Waals surface area (Å²) >= 11 is 0. The van der Waals surface area contributed by atoms with Crippen molar-refractivity contribution in [3.63, 3.8) is 0 Å². The Morgan fingerprint density at radius 3 is 2.93 bits per heavy atom. The number of fused-ring (bicyclic) bond motifs is 1. The summed E-state index contributed by atoms with van der Waals surface area (Å²) in [6, 6.07) is 6.39. The van der Waals surface area contributed by atoms with Crippen LogP contribution < -0.4 is 0 Å². The highest BCUT2D eigenvalue weighted by atomic mass is 16.2. The lowest BCUT2D eigenvalue weighted by molar-refractivity contribution is 0.288. The highest BCUT2D eigenvalue weighted by Crippen LogP contribution is 2.19. The summed E-state index contributed by atoms with van der Waals surface area (Å²) in [5, 5.41) is 14.4. The molecule has 1 aromatic heterocycles. The Labute approximate surface area is 89.3 Å². The molecule has 80 valence electrons. The zero-order valence-electron chi connectivity index (χ0n) is 9.20. The summed E-state index contributed by atoms with van der Waals surface area (Å²) in [5.41, 5.74) is 3.50. The minimum Gasteiger partial charge on any atom is -0.396 e. The Kier molecular flexibility index (Phi) is 2.73. The van der Waals surface area contributed by atoms with Crippen molar-refractivity contribution in [3.8, 4) is 0 Å². The van der Waals surface area contributed by atoms with Gasteiger partial charge >= 0.3 is 0 Å². The van der Waals surface area contributed by atoms with Crippen molar-refractivity contribution >= 4 is 10.9 Å². The molecule has 3 nitrogen and oxygen atoms in total. The standard InChI is InChI=1S/C12H16N2O/c1-9-11-6-5-10(4-3-7-15)8-12(11)14(2)13-9/h5-6,8,15H,3-4,7H2,1-2H3. The van der Waals surface area contributed by atoms with Crippen LogP contribution in [0.3, 0.4) is 0 Å². The van der Waals surface area contributed by atoms with E-state index in [2.05, 4.69) is 23.3 Å². The van der Waals surface area contributed by atoms with Crippen LogP contribution in [0.4, 0.5) is 0 Å². The van der Waals surface area contributed by atoms with Crippen LogP contribution in [0.15, 0.2) is 18.2 Å². The lowest BCUT2D eigenvalue weighted by atomic mass is 10.1. The quantitative estimate of drug-likeness (QED) is 0.828. The van der Waals surface area contributed by atoms with Crippen molar-refractivity contribution < 1.29 is 5.11 Å². The number of nitrogens with zero attached hydrogens (tertiary/aromatic N) is 2. The van der Waals surface area contributed by atoms with Crippen LogP contribution in [0.1, 0.15) is 17.7 Å². The van der Waals surface area contributed by atoms with Gasteiger partial charge in [-0.15, -0.1) is 0 Å². The normalized spacial score (nSPS) is 11.1. The van der Waals surface area contributed by atoms with Gasteiger partial charge in [0.15, 0.2) is 0 Å².